The van der Waals surface area contributed by atoms with Crippen LogP contribution in [0.2, 0.25) is 0 Å². The number of carbonyl (C=O) groups is 2. The number of hydrogen-bond donors (Lipinski definition) is 1. The standard InChI is InChI=1S/C23H30N4O4/c1-7-8-14(4)25-21(28)12-30-23(29)18-10-20(17-9-15(5)31-16(17)6)26-22-19(18)11-24-27(22)13(2)3/h9-11,13-14H,7-8,12H2,1-6H3,(H,25,28). The third kappa shape index (κ3) is 4.95. The van der Waals surface area contributed by atoms with Gasteiger partial charge in [0.1, 0.15) is 11.5 Å². The molecule has 1 amide bonds. The van der Waals surface area contributed by atoms with Crippen molar-refractivity contribution in [2.24, 2.45) is 0 Å². The molecular formula is C23H30N4O4. The Morgan fingerprint density at radius 3 is 2.58 bits per heavy atom. The van der Waals surface area contributed by atoms with Crippen LogP contribution < -0.4 is 5.32 Å². The van der Waals surface area contributed by atoms with E-state index >= 15 is 0 Å². The number of aryl methyl sites for hydroxylation is 2. The third-order valence-electron chi connectivity index (χ3n) is 5.06. The van der Waals surface area contributed by atoms with E-state index in [9.17, 15) is 9.59 Å². The predicted molar refractivity (Wildman–Crippen MR) is 118 cm³/mol. The van der Waals surface area contributed by atoms with Gasteiger partial charge in [-0.3, -0.25) is 4.79 Å². The molecule has 3 rings (SSSR count). The summed E-state index contributed by atoms with van der Waals surface area (Å²) in [6.07, 6.45) is 3.44. The molecule has 0 aliphatic heterocycles. The Bertz CT molecular complexity index is 1100. The number of pyridine rings is 1. The maximum absolute atomic E-state index is 12.9. The van der Waals surface area contributed by atoms with E-state index in [1.165, 1.54) is 0 Å². The van der Waals surface area contributed by atoms with E-state index in [0.717, 1.165) is 24.2 Å². The van der Waals surface area contributed by atoms with Gasteiger partial charge in [0.05, 0.1) is 22.8 Å². The van der Waals surface area contributed by atoms with Crippen LogP contribution in [0.1, 0.15) is 68.5 Å². The highest BCUT2D eigenvalue weighted by molar-refractivity contribution is 6.04. The summed E-state index contributed by atoms with van der Waals surface area (Å²) in [7, 11) is 0. The van der Waals surface area contributed by atoms with Crippen LogP contribution in [0.25, 0.3) is 22.3 Å². The van der Waals surface area contributed by atoms with Crippen LogP contribution in [-0.2, 0) is 9.53 Å². The van der Waals surface area contributed by atoms with Crippen molar-refractivity contribution < 1.29 is 18.7 Å². The predicted octanol–water partition coefficient (Wildman–Crippen LogP) is 4.35. The lowest BCUT2D eigenvalue weighted by Gasteiger charge is -2.13. The van der Waals surface area contributed by atoms with Crippen molar-refractivity contribution in [1.29, 1.82) is 0 Å². The molecule has 0 spiro atoms. The topological polar surface area (TPSA) is 99.2 Å². The number of nitrogens with one attached hydrogen (secondary N) is 1. The molecule has 0 radical (unpaired) electrons. The Kier molecular flexibility index (Phi) is 6.77. The normalized spacial score (nSPS) is 12.4. The Morgan fingerprint density at radius 1 is 1.23 bits per heavy atom. The highest BCUT2D eigenvalue weighted by atomic mass is 16.5. The maximum Gasteiger partial charge on any atom is 0.339 e. The minimum absolute atomic E-state index is 0.0343. The Labute approximate surface area is 182 Å². The van der Waals surface area contributed by atoms with Crippen LogP contribution in [0.4, 0.5) is 0 Å². The fourth-order valence-corrected chi connectivity index (χ4v) is 3.62. The lowest BCUT2D eigenvalue weighted by Crippen LogP contribution is -2.35. The number of aromatic nitrogens is 3. The largest absolute Gasteiger partial charge is 0.466 e. The maximum atomic E-state index is 12.9. The van der Waals surface area contributed by atoms with Crippen molar-refractivity contribution in [2.75, 3.05) is 6.61 Å². The van der Waals surface area contributed by atoms with Crippen molar-refractivity contribution in [3.8, 4) is 11.3 Å². The van der Waals surface area contributed by atoms with Gasteiger partial charge in [0, 0.05) is 17.6 Å². The molecular weight excluding hydrogens is 396 g/mol. The molecule has 0 aliphatic rings. The van der Waals surface area contributed by atoms with E-state index in [1.54, 1.807) is 16.9 Å². The van der Waals surface area contributed by atoms with Crippen molar-refractivity contribution in [3.05, 3.63) is 35.4 Å². The van der Waals surface area contributed by atoms with Crippen molar-refractivity contribution in [2.45, 2.75) is 66.5 Å². The van der Waals surface area contributed by atoms with Crippen molar-refractivity contribution in [1.82, 2.24) is 20.1 Å². The second-order valence-electron chi connectivity index (χ2n) is 8.14. The second-order valence-corrected chi connectivity index (χ2v) is 8.14. The molecule has 166 valence electrons. The number of amides is 1. The molecule has 0 bridgehead atoms. The summed E-state index contributed by atoms with van der Waals surface area (Å²) in [5.74, 6) is 0.560. The minimum atomic E-state index is -0.590. The van der Waals surface area contributed by atoms with Gasteiger partial charge in [0.15, 0.2) is 12.3 Å². The van der Waals surface area contributed by atoms with Crippen LogP contribution in [-0.4, -0.2) is 39.3 Å². The zero-order valence-corrected chi connectivity index (χ0v) is 19.0. The molecule has 1 unspecified atom stereocenters. The van der Waals surface area contributed by atoms with Gasteiger partial charge in [-0.15, -0.1) is 0 Å². The monoisotopic (exact) mass is 426 g/mol. The molecule has 1 atom stereocenters. The van der Waals surface area contributed by atoms with E-state index in [-0.39, 0.29) is 24.6 Å². The Morgan fingerprint density at radius 2 is 1.97 bits per heavy atom. The molecule has 1 N–H and O–H groups in total. The molecule has 8 heteroatoms. The van der Waals surface area contributed by atoms with Gasteiger partial charge < -0.3 is 14.5 Å². The summed E-state index contributed by atoms with van der Waals surface area (Å²) < 4.78 is 12.7. The molecule has 3 heterocycles. The van der Waals surface area contributed by atoms with Crippen LogP contribution in [0, 0.1) is 13.8 Å². The molecule has 0 aromatic carbocycles. The third-order valence-corrected chi connectivity index (χ3v) is 5.06. The summed E-state index contributed by atoms with van der Waals surface area (Å²) >= 11 is 0. The zero-order chi connectivity index (χ0) is 22.7. The smallest absolute Gasteiger partial charge is 0.339 e. The summed E-state index contributed by atoms with van der Waals surface area (Å²) in [5.41, 5.74) is 2.30. The van der Waals surface area contributed by atoms with Crippen molar-refractivity contribution in [3.63, 3.8) is 0 Å². The first-order chi connectivity index (χ1) is 14.7. The molecule has 8 nitrogen and oxygen atoms in total. The summed E-state index contributed by atoms with van der Waals surface area (Å²) in [6, 6.07) is 3.65. The first-order valence-corrected chi connectivity index (χ1v) is 10.6. The number of esters is 1. The average Bonchev–Trinajstić information content (AvgIpc) is 3.28. The van der Waals surface area contributed by atoms with Gasteiger partial charge in [-0.1, -0.05) is 13.3 Å². The zero-order valence-electron chi connectivity index (χ0n) is 19.0. The molecule has 0 saturated carbocycles. The fraction of sp³-hybridized carbons (Fsp3) is 0.478. The first kappa shape index (κ1) is 22.5. The number of rotatable bonds is 8. The Hall–Kier alpha value is -3.16. The quantitative estimate of drug-likeness (QED) is 0.538. The molecule has 3 aromatic rings. The first-order valence-electron chi connectivity index (χ1n) is 10.6. The van der Waals surface area contributed by atoms with Gasteiger partial charge in [-0.05, 0) is 53.2 Å². The lowest BCUT2D eigenvalue weighted by molar-refractivity contribution is -0.124. The number of fused-ring (bicyclic) bond motifs is 1. The Balaban J connectivity index is 1.94. The van der Waals surface area contributed by atoms with Crippen LogP contribution in [0.15, 0.2) is 22.7 Å². The van der Waals surface area contributed by atoms with Gasteiger partial charge >= 0.3 is 5.97 Å². The number of carbonyl (C=O) groups excluding carboxylic acids is 2. The van der Waals surface area contributed by atoms with Gasteiger partial charge in [-0.25, -0.2) is 14.5 Å². The molecule has 31 heavy (non-hydrogen) atoms. The minimum Gasteiger partial charge on any atom is -0.466 e. The summed E-state index contributed by atoms with van der Waals surface area (Å²) in [6.45, 7) is 11.3. The number of ether oxygens (including phenoxy) is 1. The summed E-state index contributed by atoms with van der Waals surface area (Å²) in [4.78, 5) is 29.8. The molecule has 0 saturated heterocycles. The lowest BCUT2D eigenvalue weighted by atomic mass is 10.1. The SMILES string of the molecule is CCCC(C)NC(=O)COC(=O)c1cc(-c2cc(C)oc2C)nc2c1cnn2C(C)C. The molecule has 3 aromatic heterocycles. The van der Waals surface area contributed by atoms with E-state index < -0.39 is 5.97 Å². The van der Waals surface area contributed by atoms with Crippen LogP contribution in [0.5, 0.6) is 0 Å². The summed E-state index contributed by atoms with van der Waals surface area (Å²) in [5, 5.41) is 7.82. The fourth-order valence-electron chi connectivity index (χ4n) is 3.62. The molecule has 0 aliphatic carbocycles. The van der Waals surface area contributed by atoms with E-state index in [4.69, 9.17) is 14.1 Å². The number of furan rings is 1. The molecule has 0 fully saturated rings. The second kappa shape index (κ2) is 9.32. The van der Waals surface area contributed by atoms with E-state index in [2.05, 4.69) is 17.3 Å². The van der Waals surface area contributed by atoms with E-state index in [1.807, 2.05) is 40.7 Å². The van der Waals surface area contributed by atoms with Crippen molar-refractivity contribution >= 4 is 22.9 Å². The number of nitrogens with zero attached hydrogens (tertiary/aromatic N) is 3. The van der Waals surface area contributed by atoms with Gasteiger partial charge in [-0.2, -0.15) is 5.10 Å². The van der Waals surface area contributed by atoms with Crippen LogP contribution in [0.3, 0.4) is 0 Å². The highest BCUT2D eigenvalue weighted by Gasteiger charge is 2.22. The average molecular weight is 427 g/mol. The highest BCUT2D eigenvalue weighted by Crippen LogP contribution is 2.30. The van der Waals surface area contributed by atoms with Crippen LogP contribution >= 0.6 is 0 Å². The van der Waals surface area contributed by atoms with E-state index in [0.29, 0.717) is 28.1 Å². The van der Waals surface area contributed by atoms with Gasteiger partial charge in [0.2, 0.25) is 0 Å². The van der Waals surface area contributed by atoms with Gasteiger partial charge in [0.25, 0.3) is 5.91 Å². The number of hydrogen-bond acceptors (Lipinski definition) is 6.